The third-order valence-electron chi connectivity index (χ3n) is 4.26. The van der Waals surface area contributed by atoms with Gasteiger partial charge in [-0.15, -0.1) is 0 Å². The summed E-state index contributed by atoms with van der Waals surface area (Å²) in [5.41, 5.74) is 2.30. The molecule has 24 heavy (non-hydrogen) atoms. The van der Waals surface area contributed by atoms with Crippen molar-refractivity contribution in [3.63, 3.8) is 0 Å². The predicted octanol–water partition coefficient (Wildman–Crippen LogP) is 2.87. The van der Waals surface area contributed by atoms with Crippen molar-refractivity contribution in [1.82, 2.24) is 5.32 Å². The zero-order chi connectivity index (χ0) is 16.9. The summed E-state index contributed by atoms with van der Waals surface area (Å²) in [5, 5.41) is 12.0. The van der Waals surface area contributed by atoms with Crippen molar-refractivity contribution in [3.05, 3.63) is 65.7 Å². The van der Waals surface area contributed by atoms with Gasteiger partial charge in [-0.05, 0) is 42.5 Å². The second-order valence-corrected chi connectivity index (χ2v) is 6.39. The number of benzene rings is 2. The molecule has 0 aliphatic heterocycles. The van der Waals surface area contributed by atoms with Gasteiger partial charge in [-0.25, -0.2) is 0 Å². The first kappa shape index (κ1) is 16.5. The van der Waals surface area contributed by atoms with E-state index in [2.05, 4.69) is 5.32 Å². The molecule has 3 unspecified atom stereocenters. The Kier molecular flexibility index (Phi) is 5.16. The van der Waals surface area contributed by atoms with E-state index in [4.69, 9.17) is 4.74 Å². The minimum absolute atomic E-state index is 0.0276. The van der Waals surface area contributed by atoms with E-state index in [1.54, 1.807) is 6.92 Å². The van der Waals surface area contributed by atoms with E-state index in [0.717, 1.165) is 17.7 Å². The molecule has 3 rings (SSSR count). The van der Waals surface area contributed by atoms with E-state index in [0.29, 0.717) is 13.2 Å². The summed E-state index contributed by atoms with van der Waals surface area (Å²) in [6, 6.07) is 18.0. The summed E-state index contributed by atoms with van der Waals surface area (Å²) < 4.78 is 5.78. The topological polar surface area (TPSA) is 58.6 Å². The largest absolute Gasteiger partial charge is 0.489 e. The van der Waals surface area contributed by atoms with Gasteiger partial charge in [0.2, 0.25) is 5.91 Å². The van der Waals surface area contributed by atoms with Crippen LogP contribution in [0.2, 0.25) is 0 Å². The molecule has 1 saturated carbocycles. The molecular formula is C20H23NO3. The lowest BCUT2D eigenvalue weighted by Crippen LogP contribution is -2.31. The molecule has 2 N–H and O–H groups in total. The van der Waals surface area contributed by atoms with Gasteiger partial charge in [-0.1, -0.05) is 42.5 Å². The highest BCUT2D eigenvalue weighted by molar-refractivity contribution is 5.82. The summed E-state index contributed by atoms with van der Waals surface area (Å²) >= 11 is 0. The second-order valence-electron chi connectivity index (χ2n) is 6.39. The number of aliphatic hydroxyl groups excluding tert-OH is 1. The maximum atomic E-state index is 12.0. The number of ether oxygens (including phenoxy) is 1. The normalized spacial score (nSPS) is 20.2. The molecule has 2 aromatic carbocycles. The lowest BCUT2D eigenvalue weighted by Gasteiger charge is -2.08. The first-order valence-corrected chi connectivity index (χ1v) is 8.36. The average Bonchev–Trinajstić information content (AvgIpc) is 3.40. The van der Waals surface area contributed by atoms with Crippen molar-refractivity contribution in [3.8, 4) is 5.75 Å². The Balaban J connectivity index is 1.49. The van der Waals surface area contributed by atoms with E-state index in [1.807, 2.05) is 54.6 Å². The van der Waals surface area contributed by atoms with Gasteiger partial charge in [0.25, 0.3) is 0 Å². The monoisotopic (exact) mass is 325 g/mol. The second kappa shape index (κ2) is 7.49. The van der Waals surface area contributed by atoms with Crippen LogP contribution in [0.3, 0.4) is 0 Å². The van der Waals surface area contributed by atoms with Crippen LogP contribution in [-0.2, 0) is 11.4 Å². The minimum Gasteiger partial charge on any atom is -0.489 e. The molecule has 3 atom stereocenters. The fourth-order valence-electron chi connectivity index (χ4n) is 2.78. The number of hydrogen-bond donors (Lipinski definition) is 2. The number of nitrogens with one attached hydrogen (secondary N) is 1. The van der Waals surface area contributed by atoms with Crippen molar-refractivity contribution >= 4 is 5.91 Å². The molecule has 0 aromatic heterocycles. The smallest absolute Gasteiger partial charge is 0.223 e. The van der Waals surface area contributed by atoms with Crippen LogP contribution in [0.4, 0.5) is 0 Å². The van der Waals surface area contributed by atoms with Crippen LogP contribution in [-0.4, -0.2) is 23.7 Å². The third-order valence-corrected chi connectivity index (χ3v) is 4.26. The molecule has 0 saturated heterocycles. The van der Waals surface area contributed by atoms with Gasteiger partial charge in [-0.2, -0.15) is 0 Å². The van der Waals surface area contributed by atoms with Crippen LogP contribution >= 0.6 is 0 Å². The summed E-state index contributed by atoms with van der Waals surface area (Å²) in [4.78, 5) is 12.0. The number of amides is 1. The van der Waals surface area contributed by atoms with E-state index in [1.165, 1.54) is 5.56 Å². The van der Waals surface area contributed by atoms with Crippen LogP contribution in [0, 0.1) is 5.92 Å². The number of rotatable bonds is 7. The van der Waals surface area contributed by atoms with Crippen molar-refractivity contribution in [2.24, 2.45) is 5.92 Å². The van der Waals surface area contributed by atoms with Gasteiger partial charge < -0.3 is 15.2 Å². The van der Waals surface area contributed by atoms with Crippen LogP contribution in [0.1, 0.15) is 30.4 Å². The maximum Gasteiger partial charge on any atom is 0.223 e. The minimum atomic E-state index is -0.507. The Morgan fingerprint density at radius 3 is 2.58 bits per heavy atom. The number of hydrogen-bond acceptors (Lipinski definition) is 3. The molecule has 4 nitrogen and oxygen atoms in total. The Morgan fingerprint density at radius 2 is 1.92 bits per heavy atom. The van der Waals surface area contributed by atoms with Gasteiger partial charge in [0.05, 0.1) is 6.10 Å². The maximum absolute atomic E-state index is 12.0. The van der Waals surface area contributed by atoms with E-state index in [9.17, 15) is 9.90 Å². The fraction of sp³-hybridized carbons (Fsp3) is 0.350. The number of carbonyl (C=O) groups is 1. The number of carbonyl (C=O) groups excluding carboxylic acids is 1. The quantitative estimate of drug-likeness (QED) is 0.823. The molecule has 1 aliphatic carbocycles. The van der Waals surface area contributed by atoms with Crippen molar-refractivity contribution in [1.29, 1.82) is 0 Å². The number of aliphatic hydroxyl groups is 1. The van der Waals surface area contributed by atoms with E-state index >= 15 is 0 Å². The van der Waals surface area contributed by atoms with E-state index < -0.39 is 6.10 Å². The SMILES string of the molecule is CC(O)CNC(=O)C1CC1c1ccc(OCc2ccccc2)cc1. The highest BCUT2D eigenvalue weighted by atomic mass is 16.5. The van der Waals surface area contributed by atoms with Gasteiger partial charge in [0, 0.05) is 12.5 Å². The standard InChI is InChI=1S/C20H23NO3/c1-14(22)12-21-20(23)19-11-18(19)16-7-9-17(10-8-16)24-13-15-5-3-2-4-6-15/h2-10,14,18-19,22H,11-13H2,1H3,(H,21,23). The molecule has 0 heterocycles. The molecular weight excluding hydrogens is 302 g/mol. The lowest BCUT2D eigenvalue weighted by atomic mass is 10.1. The first-order chi connectivity index (χ1) is 11.6. The van der Waals surface area contributed by atoms with Gasteiger partial charge >= 0.3 is 0 Å². The van der Waals surface area contributed by atoms with Gasteiger partial charge in [0.1, 0.15) is 12.4 Å². The summed E-state index contributed by atoms with van der Waals surface area (Å²) in [7, 11) is 0. The molecule has 4 heteroatoms. The van der Waals surface area contributed by atoms with Crippen molar-refractivity contribution in [2.75, 3.05) is 6.54 Å². The van der Waals surface area contributed by atoms with Gasteiger partial charge in [-0.3, -0.25) is 4.79 Å². The molecule has 0 bridgehead atoms. The Hall–Kier alpha value is -2.33. The molecule has 0 spiro atoms. The van der Waals surface area contributed by atoms with Crippen LogP contribution in [0.25, 0.3) is 0 Å². The predicted molar refractivity (Wildman–Crippen MR) is 92.8 cm³/mol. The summed E-state index contributed by atoms with van der Waals surface area (Å²) in [5.74, 6) is 1.17. The molecule has 2 aromatic rings. The molecule has 1 amide bonds. The summed E-state index contributed by atoms with van der Waals surface area (Å²) in [6.07, 6.45) is 0.364. The molecule has 1 aliphatic rings. The van der Waals surface area contributed by atoms with Crippen LogP contribution < -0.4 is 10.1 Å². The molecule has 1 fully saturated rings. The Morgan fingerprint density at radius 1 is 1.21 bits per heavy atom. The molecule has 0 radical (unpaired) electrons. The Labute approximate surface area is 142 Å². The zero-order valence-electron chi connectivity index (χ0n) is 13.8. The van der Waals surface area contributed by atoms with Crippen LogP contribution in [0.5, 0.6) is 5.75 Å². The lowest BCUT2D eigenvalue weighted by molar-refractivity contribution is -0.122. The summed E-state index contributed by atoms with van der Waals surface area (Å²) in [6.45, 7) is 2.53. The highest BCUT2D eigenvalue weighted by Crippen LogP contribution is 2.47. The third kappa shape index (κ3) is 4.36. The van der Waals surface area contributed by atoms with Gasteiger partial charge in [0.15, 0.2) is 0 Å². The zero-order valence-corrected chi connectivity index (χ0v) is 13.8. The molecule has 126 valence electrons. The fourth-order valence-corrected chi connectivity index (χ4v) is 2.78. The highest BCUT2D eigenvalue weighted by Gasteiger charge is 2.43. The Bertz CT molecular complexity index is 667. The van der Waals surface area contributed by atoms with Crippen molar-refractivity contribution < 1.29 is 14.6 Å². The van der Waals surface area contributed by atoms with Crippen molar-refractivity contribution in [2.45, 2.75) is 32.0 Å². The van der Waals surface area contributed by atoms with Crippen LogP contribution in [0.15, 0.2) is 54.6 Å². The average molecular weight is 325 g/mol. The first-order valence-electron chi connectivity index (χ1n) is 8.36. The van der Waals surface area contributed by atoms with E-state index in [-0.39, 0.29) is 17.7 Å².